The van der Waals surface area contributed by atoms with Gasteiger partial charge < -0.3 is 0 Å². The monoisotopic (exact) mass is 288 g/mol. The first-order chi connectivity index (χ1) is 10.8. The number of hydrogen-bond donors (Lipinski definition) is 1. The molecule has 0 radical (unpaired) electrons. The van der Waals surface area contributed by atoms with Crippen LogP contribution in [-0.2, 0) is 0 Å². The fraction of sp³-hybridized carbons (Fsp3) is 0. The number of nitrogens with one attached hydrogen (secondary N) is 1. The fourth-order valence-electron chi connectivity index (χ4n) is 2.50. The van der Waals surface area contributed by atoms with Crippen LogP contribution < -0.4 is 5.56 Å². The topological polar surface area (TPSA) is 63.6 Å². The third-order valence-corrected chi connectivity index (χ3v) is 3.55. The Morgan fingerprint density at radius 3 is 2.32 bits per heavy atom. The van der Waals surface area contributed by atoms with E-state index in [4.69, 9.17) is 0 Å². The zero-order chi connectivity index (χ0) is 14.9. The summed E-state index contributed by atoms with van der Waals surface area (Å²) in [4.78, 5) is 12.8. The molecular weight excluding hydrogens is 276 g/mol. The summed E-state index contributed by atoms with van der Waals surface area (Å²) in [5.74, 6) is 0. The Morgan fingerprint density at radius 2 is 1.59 bits per heavy atom. The van der Waals surface area contributed by atoms with Crippen LogP contribution in [-0.4, -0.2) is 20.0 Å². The van der Waals surface area contributed by atoms with E-state index in [1.54, 1.807) is 6.20 Å². The van der Waals surface area contributed by atoms with Crippen molar-refractivity contribution in [2.45, 2.75) is 0 Å². The van der Waals surface area contributed by atoms with E-state index < -0.39 is 0 Å². The Bertz CT molecular complexity index is 988. The first-order valence-corrected chi connectivity index (χ1v) is 6.92. The number of aromatic nitrogens is 4. The van der Waals surface area contributed by atoms with Crippen molar-refractivity contribution in [1.29, 1.82) is 0 Å². The van der Waals surface area contributed by atoms with Crippen molar-refractivity contribution < 1.29 is 0 Å². The van der Waals surface area contributed by atoms with Crippen molar-refractivity contribution in [3.63, 3.8) is 0 Å². The van der Waals surface area contributed by atoms with Crippen LogP contribution in [0.5, 0.6) is 0 Å². The summed E-state index contributed by atoms with van der Waals surface area (Å²) < 4.78 is 1.39. The molecule has 0 saturated carbocycles. The van der Waals surface area contributed by atoms with E-state index in [0.29, 0.717) is 16.6 Å². The van der Waals surface area contributed by atoms with Crippen LogP contribution in [0, 0.1) is 0 Å². The smallest absolute Gasteiger partial charge is 0.275 e. The van der Waals surface area contributed by atoms with Crippen molar-refractivity contribution in [3.05, 3.63) is 77.2 Å². The molecule has 2 heterocycles. The normalized spacial score (nSPS) is 10.9. The maximum absolute atomic E-state index is 12.8. The second-order valence-corrected chi connectivity index (χ2v) is 4.92. The van der Waals surface area contributed by atoms with Crippen molar-refractivity contribution in [3.8, 4) is 16.9 Å². The number of hydrogen-bond acceptors (Lipinski definition) is 3. The average molecular weight is 288 g/mol. The summed E-state index contributed by atoms with van der Waals surface area (Å²) in [7, 11) is 0. The van der Waals surface area contributed by atoms with Gasteiger partial charge in [-0.25, -0.2) is 0 Å². The van der Waals surface area contributed by atoms with E-state index in [0.717, 1.165) is 11.3 Å². The number of aromatic amines is 1. The highest BCUT2D eigenvalue weighted by Crippen LogP contribution is 2.23. The second kappa shape index (κ2) is 4.96. The maximum atomic E-state index is 12.8. The van der Waals surface area contributed by atoms with E-state index in [2.05, 4.69) is 15.3 Å². The molecule has 0 saturated heterocycles. The minimum atomic E-state index is -0.184. The molecule has 2 aromatic heterocycles. The minimum Gasteiger partial charge on any atom is -0.275 e. The van der Waals surface area contributed by atoms with E-state index in [1.165, 1.54) is 4.68 Å². The third kappa shape index (κ3) is 1.91. The predicted octanol–water partition coefficient (Wildman–Crippen LogP) is 2.78. The predicted molar refractivity (Wildman–Crippen MR) is 84.9 cm³/mol. The Hall–Kier alpha value is -3.21. The average Bonchev–Trinajstić information content (AvgIpc) is 3.02. The first kappa shape index (κ1) is 12.5. The summed E-state index contributed by atoms with van der Waals surface area (Å²) in [5.41, 5.74) is 2.73. The third-order valence-electron chi connectivity index (χ3n) is 3.55. The molecule has 5 nitrogen and oxygen atoms in total. The number of nitrogens with zero attached hydrogens (tertiary/aromatic N) is 3. The van der Waals surface area contributed by atoms with Crippen molar-refractivity contribution in [1.82, 2.24) is 20.0 Å². The van der Waals surface area contributed by atoms with E-state index in [9.17, 15) is 4.79 Å². The molecular formula is C17H12N4O. The van der Waals surface area contributed by atoms with Gasteiger partial charge in [0.2, 0.25) is 0 Å². The molecule has 4 rings (SSSR count). The van der Waals surface area contributed by atoms with Gasteiger partial charge in [0.25, 0.3) is 5.56 Å². The van der Waals surface area contributed by atoms with Gasteiger partial charge in [-0.2, -0.15) is 14.9 Å². The van der Waals surface area contributed by atoms with Gasteiger partial charge in [0.1, 0.15) is 5.69 Å². The molecule has 0 aliphatic heterocycles. The van der Waals surface area contributed by atoms with Gasteiger partial charge in [-0.3, -0.25) is 9.89 Å². The van der Waals surface area contributed by atoms with E-state index >= 15 is 0 Å². The summed E-state index contributed by atoms with van der Waals surface area (Å²) >= 11 is 0. The molecule has 0 bridgehead atoms. The highest BCUT2D eigenvalue weighted by atomic mass is 16.1. The summed E-state index contributed by atoms with van der Waals surface area (Å²) in [6, 6.07) is 19.0. The number of rotatable bonds is 2. The molecule has 0 aliphatic rings. The SMILES string of the molecule is O=c1c2c(-c3ccccc3)n[nH]c2cnn1-c1ccccc1. The van der Waals surface area contributed by atoms with Gasteiger partial charge in [-0.05, 0) is 12.1 Å². The lowest BCUT2D eigenvalue weighted by molar-refractivity contribution is 0.820. The van der Waals surface area contributed by atoms with Crippen LogP contribution in [0.1, 0.15) is 0 Å². The molecule has 0 fully saturated rings. The van der Waals surface area contributed by atoms with Gasteiger partial charge in [-0.15, -0.1) is 0 Å². The molecule has 4 aromatic rings. The molecule has 5 heteroatoms. The zero-order valence-corrected chi connectivity index (χ0v) is 11.6. The lowest BCUT2D eigenvalue weighted by Gasteiger charge is -2.04. The Kier molecular flexibility index (Phi) is 2.83. The standard InChI is InChI=1S/C17H12N4O/c22-17-15-14(11-18-21(17)13-9-5-2-6-10-13)19-20-16(15)12-7-3-1-4-8-12/h1-11H,(H,19,20). The quantitative estimate of drug-likeness (QED) is 0.617. The molecule has 0 spiro atoms. The van der Waals surface area contributed by atoms with Gasteiger partial charge in [0.15, 0.2) is 0 Å². The molecule has 106 valence electrons. The van der Waals surface area contributed by atoms with Crippen LogP contribution in [0.25, 0.3) is 27.8 Å². The van der Waals surface area contributed by atoms with E-state index in [1.807, 2.05) is 60.7 Å². The number of fused-ring (bicyclic) bond motifs is 1. The lowest BCUT2D eigenvalue weighted by atomic mass is 10.1. The molecule has 0 unspecified atom stereocenters. The van der Waals surface area contributed by atoms with E-state index in [-0.39, 0.29) is 5.56 Å². The van der Waals surface area contributed by atoms with Crippen LogP contribution in [0.2, 0.25) is 0 Å². The fourth-order valence-corrected chi connectivity index (χ4v) is 2.50. The summed E-state index contributed by atoms with van der Waals surface area (Å²) in [5, 5.41) is 11.9. The second-order valence-electron chi connectivity index (χ2n) is 4.92. The van der Waals surface area contributed by atoms with Crippen molar-refractivity contribution in [2.75, 3.05) is 0 Å². The van der Waals surface area contributed by atoms with Crippen LogP contribution >= 0.6 is 0 Å². The summed E-state index contributed by atoms with van der Waals surface area (Å²) in [6.07, 6.45) is 1.63. The Morgan fingerprint density at radius 1 is 0.909 bits per heavy atom. The first-order valence-electron chi connectivity index (χ1n) is 6.92. The highest BCUT2D eigenvalue weighted by molar-refractivity contribution is 5.91. The maximum Gasteiger partial charge on any atom is 0.283 e. The van der Waals surface area contributed by atoms with Gasteiger partial charge in [0.05, 0.1) is 22.8 Å². The van der Waals surface area contributed by atoms with Crippen LogP contribution in [0.4, 0.5) is 0 Å². The molecule has 1 N–H and O–H groups in total. The summed E-state index contributed by atoms with van der Waals surface area (Å²) in [6.45, 7) is 0. The molecule has 2 aromatic carbocycles. The molecule has 0 aliphatic carbocycles. The Balaban J connectivity index is 2.01. The van der Waals surface area contributed by atoms with Crippen molar-refractivity contribution in [2.24, 2.45) is 0 Å². The van der Waals surface area contributed by atoms with Crippen LogP contribution in [0.3, 0.4) is 0 Å². The lowest BCUT2D eigenvalue weighted by Crippen LogP contribution is -2.20. The minimum absolute atomic E-state index is 0.184. The van der Waals surface area contributed by atoms with Gasteiger partial charge >= 0.3 is 0 Å². The molecule has 0 atom stereocenters. The zero-order valence-electron chi connectivity index (χ0n) is 11.6. The van der Waals surface area contributed by atoms with Gasteiger partial charge in [-0.1, -0.05) is 48.5 Å². The molecule has 22 heavy (non-hydrogen) atoms. The number of H-pyrrole nitrogens is 1. The van der Waals surface area contributed by atoms with Crippen molar-refractivity contribution >= 4 is 10.9 Å². The number of para-hydroxylation sites is 1. The van der Waals surface area contributed by atoms with Gasteiger partial charge in [0, 0.05) is 5.56 Å². The highest BCUT2D eigenvalue weighted by Gasteiger charge is 2.14. The largest absolute Gasteiger partial charge is 0.283 e. The molecule has 0 amide bonds. The number of benzene rings is 2. The Labute approximate surface area is 125 Å². The van der Waals surface area contributed by atoms with Crippen LogP contribution in [0.15, 0.2) is 71.7 Å².